The molecule has 0 radical (unpaired) electrons. The Hall–Kier alpha value is -2.56. The van der Waals surface area contributed by atoms with Gasteiger partial charge in [0.1, 0.15) is 17.4 Å². The molecule has 0 saturated heterocycles. The molecule has 0 unspecified atom stereocenters. The first kappa shape index (κ1) is 11.5. The Bertz CT molecular complexity index is 710. The summed E-state index contributed by atoms with van der Waals surface area (Å²) in [6, 6.07) is 8.23. The fourth-order valence-electron chi connectivity index (χ4n) is 2.00. The molecule has 0 aliphatic heterocycles. The lowest BCUT2D eigenvalue weighted by Crippen LogP contribution is -2.02. The minimum atomic E-state index is -0.348. The van der Waals surface area contributed by atoms with Gasteiger partial charge in [-0.15, -0.1) is 0 Å². The van der Waals surface area contributed by atoms with Gasteiger partial charge in [-0.25, -0.2) is 9.37 Å². The average molecular weight is 257 g/mol. The van der Waals surface area contributed by atoms with Crippen molar-refractivity contribution in [2.24, 2.45) is 0 Å². The highest BCUT2D eigenvalue weighted by Gasteiger charge is 2.10. The van der Waals surface area contributed by atoms with Gasteiger partial charge in [0.05, 0.1) is 18.2 Å². The molecule has 2 aromatic heterocycles. The average Bonchev–Trinajstić information content (AvgIpc) is 2.94. The van der Waals surface area contributed by atoms with Gasteiger partial charge in [0, 0.05) is 17.3 Å². The van der Waals surface area contributed by atoms with Crippen LogP contribution in [-0.2, 0) is 6.54 Å². The van der Waals surface area contributed by atoms with Crippen molar-refractivity contribution in [3.05, 3.63) is 54.4 Å². The summed E-state index contributed by atoms with van der Waals surface area (Å²) in [4.78, 5) is 4.16. The Kier molecular flexibility index (Phi) is 2.79. The molecular formula is C14H12FN3O. The van der Waals surface area contributed by atoms with E-state index in [1.54, 1.807) is 30.7 Å². The van der Waals surface area contributed by atoms with Crippen molar-refractivity contribution in [3.8, 4) is 0 Å². The first-order valence-corrected chi connectivity index (χ1v) is 5.84. The molecule has 2 heterocycles. The Labute approximate surface area is 109 Å². The molecular weight excluding hydrogens is 245 g/mol. The van der Waals surface area contributed by atoms with Gasteiger partial charge in [0.2, 0.25) is 0 Å². The summed E-state index contributed by atoms with van der Waals surface area (Å²) in [6.45, 7) is 0.438. The third kappa shape index (κ3) is 2.10. The summed E-state index contributed by atoms with van der Waals surface area (Å²) >= 11 is 0. The predicted molar refractivity (Wildman–Crippen MR) is 72.1 cm³/mol. The monoisotopic (exact) mass is 257 g/mol. The largest absolute Gasteiger partial charge is 0.467 e. The molecule has 3 aromatic rings. The van der Waals surface area contributed by atoms with Crippen LogP contribution in [0.15, 0.2) is 47.2 Å². The van der Waals surface area contributed by atoms with Crippen molar-refractivity contribution >= 4 is 22.3 Å². The molecule has 0 aliphatic rings. The molecule has 3 N–H and O–H groups in total. The first-order valence-electron chi connectivity index (χ1n) is 5.84. The van der Waals surface area contributed by atoms with E-state index in [1.165, 1.54) is 6.07 Å². The van der Waals surface area contributed by atoms with Crippen LogP contribution in [0, 0.1) is 5.82 Å². The van der Waals surface area contributed by atoms with Crippen LogP contribution in [0.2, 0.25) is 0 Å². The maximum absolute atomic E-state index is 13.9. The molecule has 19 heavy (non-hydrogen) atoms. The van der Waals surface area contributed by atoms with Crippen LogP contribution < -0.4 is 11.1 Å². The van der Waals surface area contributed by atoms with E-state index >= 15 is 0 Å². The summed E-state index contributed by atoms with van der Waals surface area (Å²) < 4.78 is 19.1. The van der Waals surface area contributed by atoms with E-state index in [0.29, 0.717) is 28.8 Å². The van der Waals surface area contributed by atoms with Crippen molar-refractivity contribution < 1.29 is 8.81 Å². The van der Waals surface area contributed by atoms with Crippen molar-refractivity contribution in [1.82, 2.24) is 4.98 Å². The zero-order chi connectivity index (χ0) is 13.2. The van der Waals surface area contributed by atoms with E-state index in [1.807, 2.05) is 6.07 Å². The Morgan fingerprint density at radius 1 is 1.26 bits per heavy atom. The van der Waals surface area contributed by atoms with Crippen molar-refractivity contribution in [2.75, 3.05) is 11.1 Å². The van der Waals surface area contributed by atoms with Crippen molar-refractivity contribution in [1.29, 1.82) is 0 Å². The maximum atomic E-state index is 13.9. The number of furan rings is 1. The van der Waals surface area contributed by atoms with Crippen molar-refractivity contribution in [2.45, 2.75) is 6.54 Å². The second kappa shape index (κ2) is 4.61. The number of nitrogens with zero attached hydrogens (tertiary/aromatic N) is 1. The maximum Gasteiger partial charge on any atom is 0.137 e. The highest BCUT2D eigenvalue weighted by atomic mass is 19.1. The number of pyridine rings is 1. The quantitative estimate of drug-likeness (QED) is 0.707. The molecule has 1 aromatic carbocycles. The van der Waals surface area contributed by atoms with Crippen LogP contribution >= 0.6 is 0 Å². The lowest BCUT2D eigenvalue weighted by molar-refractivity contribution is 0.518. The zero-order valence-electron chi connectivity index (χ0n) is 10.1. The van der Waals surface area contributed by atoms with Crippen molar-refractivity contribution in [3.63, 3.8) is 0 Å². The molecule has 96 valence electrons. The van der Waals surface area contributed by atoms with Crippen LogP contribution in [0.5, 0.6) is 0 Å². The number of nitrogen functional groups attached to an aromatic ring is 1. The predicted octanol–water partition coefficient (Wildman–Crippen LogP) is 3.16. The lowest BCUT2D eigenvalue weighted by Gasteiger charge is -2.09. The summed E-state index contributed by atoms with van der Waals surface area (Å²) in [6.07, 6.45) is 3.19. The number of rotatable bonds is 3. The molecule has 0 spiro atoms. The summed E-state index contributed by atoms with van der Waals surface area (Å²) in [5.41, 5.74) is 6.37. The van der Waals surface area contributed by atoms with Gasteiger partial charge in [-0.3, -0.25) is 0 Å². The van der Waals surface area contributed by atoms with E-state index in [0.717, 1.165) is 5.76 Å². The lowest BCUT2D eigenvalue weighted by atomic mass is 10.1. The Morgan fingerprint density at radius 3 is 2.95 bits per heavy atom. The summed E-state index contributed by atoms with van der Waals surface area (Å²) in [5, 5.41) is 4.10. The normalized spacial score (nSPS) is 10.8. The zero-order valence-corrected chi connectivity index (χ0v) is 10.1. The molecule has 0 saturated carbocycles. The fourth-order valence-corrected chi connectivity index (χ4v) is 2.00. The van der Waals surface area contributed by atoms with E-state index in [-0.39, 0.29) is 5.82 Å². The molecule has 3 rings (SSSR count). The van der Waals surface area contributed by atoms with Gasteiger partial charge in [-0.05, 0) is 30.3 Å². The number of anilines is 2. The number of nitrogens with two attached hydrogens (primary N) is 1. The summed E-state index contributed by atoms with van der Waals surface area (Å²) in [5.74, 6) is 0.862. The number of benzene rings is 1. The van der Waals surface area contributed by atoms with Gasteiger partial charge >= 0.3 is 0 Å². The van der Waals surface area contributed by atoms with E-state index in [4.69, 9.17) is 10.2 Å². The Balaban J connectivity index is 2.01. The second-order valence-electron chi connectivity index (χ2n) is 4.15. The second-order valence-corrected chi connectivity index (χ2v) is 4.15. The first-order chi connectivity index (χ1) is 9.25. The van der Waals surface area contributed by atoms with Crippen LogP contribution in [0.25, 0.3) is 10.8 Å². The van der Waals surface area contributed by atoms with Gasteiger partial charge in [-0.2, -0.15) is 0 Å². The number of aromatic nitrogens is 1. The van der Waals surface area contributed by atoms with Crippen LogP contribution in [0.1, 0.15) is 5.76 Å². The standard InChI is InChI=1S/C14H12FN3O/c15-11-3-4-12(16)10-5-6-17-14(13(10)11)18-8-9-2-1-7-19-9/h1-7H,8,16H2,(H,17,18). The molecule has 0 atom stereocenters. The number of halogens is 1. The van der Waals surface area contributed by atoms with Crippen LogP contribution in [-0.4, -0.2) is 4.98 Å². The van der Waals surface area contributed by atoms with Crippen LogP contribution in [0.4, 0.5) is 15.9 Å². The minimum absolute atomic E-state index is 0.348. The Morgan fingerprint density at radius 2 is 2.16 bits per heavy atom. The number of hydrogen-bond donors (Lipinski definition) is 2. The van der Waals surface area contributed by atoms with E-state index < -0.39 is 0 Å². The number of nitrogens with one attached hydrogen (secondary N) is 1. The number of fused-ring (bicyclic) bond motifs is 1. The van der Waals surface area contributed by atoms with Gasteiger partial charge in [0.15, 0.2) is 0 Å². The molecule has 4 nitrogen and oxygen atoms in total. The van der Waals surface area contributed by atoms with E-state index in [2.05, 4.69) is 10.3 Å². The van der Waals surface area contributed by atoms with Gasteiger partial charge in [-0.1, -0.05) is 0 Å². The summed E-state index contributed by atoms with van der Waals surface area (Å²) in [7, 11) is 0. The topological polar surface area (TPSA) is 64.1 Å². The smallest absolute Gasteiger partial charge is 0.137 e. The number of hydrogen-bond acceptors (Lipinski definition) is 4. The van der Waals surface area contributed by atoms with E-state index in [9.17, 15) is 4.39 Å². The molecule has 0 fully saturated rings. The van der Waals surface area contributed by atoms with Gasteiger partial charge < -0.3 is 15.5 Å². The fraction of sp³-hybridized carbons (Fsp3) is 0.0714. The molecule has 0 bridgehead atoms. The van der Waals surface area contributed by atoms with Crippen LogP contribution in [0.3, 0.4) is 0 Å². The van der Waals surface area contributed by atoms with Gasteiger partial charge in [0.25, 0.3) is 0 Å². The SMILES string of the molecule is Nc1ccc(F)c2c(NCc3ccco3)nccc12. The minimum Gasteiger partial charge on any atom is -0.467 e. The highest BCUT2D eigenvalue weighted by molar-refractivity contribution is 5.99. The molecule has 5 heteroatoms. The highest BCUT2D eigenvalue weighted by Crippen LogP contribution is 2.28. The third-order valence-electron chi connectivity index (χ3n) is 2.92. The molecule has 0 aliphatic carbocycles. The third-order valence-corrected chi connectivity index (χ3v) is 2.92. The molecule has 0 amide bonds.